The van der Waals surface area contributed by atoms with Crippen molar-refractivity contribution >= 4 is 5.91 Å². The number of hydrogen-bond donors (Lipinski definition) is 4. The van der Waals surface area contributed by atoms with Gasteiger partial charge in [-0.25, -0.2) is 0 Å². The number of allylic oxidation sites excluding steroid dienone is 4. The van der Waals surface area contributed by atoms with Crippen LogP contribution in [0.2, 0.25) is 0 Å². The highest BCUT2D eigenvalue weighted by Crippen LogP contribution is 2.18. The molecule has 362 valence electrons. The topological polar surface area (TPSA) is 89.8 Å². The van der Waals surface area contributed by atoms with E-state index in [2.05, 4.69) is 43.5 Å². The molecule has 5 heteroatoms. The summed E-state index contributed by atoms with van der Waals surface area (Å²) in [4.78, 5) is 12.5. The molecular weight excluding hydrogens is 751 g/mol. The van der Waals surface area contributed by atoms with Gasteiger partial charge in [0.05, 0.1) is 31.3 Å². The summed E-state index contributed by atoms with van der Waals surface area (Å²) in [6.07, 6.45) is 64.7. The largest absolute Gasteiger partial charge is 0.394 e. The lowest BCUT2D eigenvalue weighted by Gasteiger charge is -2.23. The molecule has 0 saturated heterocycles. The number of carbonyl (C=O) groups is 1. The van der Waals surface area contributed by atoms with Crippen LogP contribution in [0, 0.1) is 0 Å². The first-order valence-corrected chi connectivity index (χ1v) is 27.6. The second kappa shape index (κ2) is 51.5. The zero-order chi connectivity index (χ0) is 44.4. The second-order valence-electron chi connectivity index (χ2n) is 19.2. The SMILES string of the molecule is CCCCCCCCCCC/C=C\C/C=C\CCCCCCCCCCCC(O)CC(=O)NC(CO)C(O)CCCCCCCCCCCCCCCCCCCCCCC. The number of amides is 1. The van der Waals surface area contributed by atoms with Gasteiger partial charge in [-0.2, -0.15) is 0 Å². The van der Waals surface area contributed by atoms with Gasteiger partial charge in [-0.3, -0.25) is 4.79 Å². The Balaban J connectivity index is 3.55. The Labute approximate surface area is 382 Å². The summed E-state index contributed by atoms with van der Waals surface area (Å²) in [6, 6.07) is -0.660. The summed E-state index contributed by atoms with van der Waals surface area (Å²) in [7, 11) is 0. The quantitative estimate of drug-likeness (QED) is 0.0362. The molecule has 3 unspecified atom stereocenters. The molecule has 4 N–H and O–H groups in total. The van der Waals surface area contributed by atoms with Crippen molar-refractivity contribution in [3.63, 3.8) is 0 Å². The maximum Gasteiger partial charge on any atom is 0.222 e. The average Bonchev–Trinajstić information content (AvgIpc) is 3.25. The molecule has 0 rings (SSSR count). The molecule has 0 aromatic heterocycles. The Kier molecular flexibility index (Phi) is 50.5. The molecule has 0 bridgehead atoms. The van der Waals surface area contributed by atoms with E-state index < -0.39 is 18.2 Å². The highest BCUT2D eigenvalue weighted by atomic mass is 16.3. The summed E-state index contributed by atoms with van der Waals surface area (Å²) >= 11 is 0. The normalized spacial score (nSPS) is 13.5. The third-order valence-corrected chi connectivity index (χ3v) is 13.0. The molecule has 0 radical (unpaired) electrons. The van der Waals surface area contributed by atoms with E-state index in [0.29, 0.717) is 12.8 Å². The number of hydrogen-bond acceptors (Lipinski definition) is 4. The van der Waals surface area contributed by atoms with Gasteiger partial charge in [-0.15, -0.1) is 0 Å². The minimum atomic E-state index is -0.750. The van der Waals surface area contributed by atoms with Crippen LogP contribution >= 0.6 is 0 Å². The highest BCUT2D eigenvalue weighted by molar-refractivity contribution is 5.76. The lowest BCUT2D eigenvalue weighted by atomic mass is 10.0. The van der Waals surface area contributed by atoms with E-state index in [1.807, 2.05) is 0 Å². The molecule has 61 heavy (non-hydrogen) atoms. The molecular formula is C56H109NO4. The first kappa shape index (κ1) is 59.8. The minimum Gasteiger partial charge on any atom is -0.394 e. The number of carbonyl (C=O) groups excluding carboxylic acids is 1. The van der Waals surface area contributed by atoms with E-state index in [-0.39, 0.29) is 18.9 Å². The van der Waals surface area contributed by atoms with Crippen molar-refractivity contribution in [2.75, 3.05) is 6.61 Å². The summed E-state index contributed by atoms with van der Waals surface area (Å²) in [5.41, 5.74) is 0. The maximum absolute atomic E-state index is 12.5. The fourth-order valence-electron chi connectivity index (χ4n) is 8.79. The van der Waals surface area contributed by atoms with E-state index in [0.717, 1.165) is 32.1 Å². The van der Waals surface area contributed by atoms with E-state index >= 15 is 0 Å². The Bertz CT molecular complexity index is 905. The van der Waals surface area contributed by atoms with Gasteiger partial charge in [0.1, 0.15) is 0 Å². The fourth-order valence-corrected chi connectivity index (χ4v) is 8.79. The van der Waals surface area contributed by atoms with Crippen LogP contribution in [0.15, 0.2) is 24.3 Å². The smallest absolute Gasteiger partial charge is 0.222 e. The molecule has 3 atom stereocenters. The van der Waals surface area contributed by atoms with Crippen molar-refractivity contribution in [3.8, 4) is 0 Å². The molecule has 5 nitrogen and oxygen atoms in total. The van der Waals surface area contributed by atoms with Crippen LogP contribution in [0.4, 0.5) is 0 Å². The minimum absolute atomic E-state index is 0.0356. The summed E-state index contributed by atoms with van der Waals surface area (Å²) in [6.45, 7) is 4.29. The van der Waals surface area contributed by atoms with Gasteiger partial charge in [0, 0.05) is 0 Å². The molecule has 0 aromatic rings. The number of aliphatic hydroxyl groups is 3. The Morgan fingerprint density at radius 3 is 1.03 bits per heavy atom. The molecule has 0 fully saturated rings. The molecule has 0 aliphatic carbocycles. The van der Waals surface area contributed by atoms with Crippen LogP contribution < -0.4 is 5.32 Å². The number of aliphatic hydroxyl groups excluding tert-OH is 3. The lowest BCUT2D eigenvalue weighted by Crippen LogP contribution is -2.46. The molecule has 0 aromatic carbocycles. The molecule has 1 amide bonds. The van der Waals surface area contributed by atoms with Gasteiger partial charge in [-0.05, 0) is 44.9 Å². The van der Waals surface area contributed by atoms with Crippen molar-refractivity contribution in [1.29, 1.82) is 0 Å². The van der Waals surface area contributed by atoms with Crippen molar-refractivity contribution < 1.29 is 20.1 Å². The molecule has 0 aliphatic rings. The first-order valence-electron chi connectivity index (χ1n) is 27.6. The molecule has 0 heterocycles. The average molecular weight is 860 g/mol. The molecule has 0 saturated carbocycles. The van der Waals surface area contributed by atoms with E-state index in [1.165, 1.54) is 238 Å². The van der Waals surface area contributed by atoms with E-state index in [1.54, 1.807) is 0 Å². The van der Waals surface area contributed by atoms with Crippen LogP contribution in [-0.2, 0) is 4.79 Å². The molecule has 0 spiro atoms. The summed E-state index contributed by atoms with van der Waals surface area (Å²) < 4.78 is 0. The summed E-state index contributed by atoms with van der Waals surface area (Å²) in [5, 5.41) is 33.6. The standard InChI is InChI=1S/C56H109NO4/c1-3-5-7-9-11-13-15-17-19-21-23-25-26-27-28-30-31-33-35-37-39-41-43-45-47-49-53(59)51-56(61)57-54(52-58)55(60)50-48-46-44-42-40-38-36-34-32-29-24-22-20-18-16-14-12-10-8-6-4-2/h23,25,27-28,53-55,58-60H,3-22,24,26,29-52H2,1-2H3,(H,57,61)/b25-23-,28-27-. The third kappa shape index (κ3) is 48.1. The van der Waals surface area contributed by atoms with Gasteiger partial charge in [-0.1, -0.05) is 276 Å². The van der Waals surface area contributed by atoms with Crippen molar-refractivity contribution in [2.24, 2.45) is 0 Å². The Hall–Kier alpha value is -1.17. The number of nitrogens with one attached hydrogen (secondary N) is 1. The van der Waals surface area contributed by atoms with Crippen LogP contribution in [0.3, 0.4) is 0 Å². The first-order chi connectivity index (χ1) is 30.0. The fraction of sp³-hybridized carbons (Fsp3) is 0.911. The monoisotopic (exact) mass is 860 g/mol. The van der Waals surface area contributed by atoms with Crippen molar-refractivity contribution in [1.82, 2.24) is 5.32 Å². The van der Waals surface area contributed by atoms with Gasteiger partial charge < -0.3 is 20.6 Å². The van der Waals surface area contributed by atoms with E-state index in [4.69, 9.17) is 0 Å². The Morgan fingerprint density at radius 1 is 0.410 bits per heavy atom. The van der Waals surface area contributed by atoms with Gasteiger partial charge in [0.15, 0.2) is 0 Å². The lowest BCUT2D eigenvalue weighted by molar-refractivity contribution is -0.125. The highest BCUT2D eigenvalue weighted by Gasteiger charge is 2.21. The molecule has 0 aliphatic heterocycles. The van der Waals surface area contributed by atoms with Crippen LogP contribution in [0.5, 0.6) is 0 Å². The van der Waals surface area contributed by atoms with Crippen molar-refractivity contribution in [3.05, 3.63) is 24.3 Å². The Morgan fingerprint density at radius 2 is 0.705 bits per heavy atom. The van der Waals surface area contributed by atoms with Crippen LogP contribution in [0.25, 0.3) is 0 Å². The van der Waals surface area contributed by atoms with E-state index in [9.17, 15) is 20.1 Å². The van der Waals surface area contributed by atoms with Gasteiger partial charge in [0.2, 0.25) is 5.91 Å². The predicted octanol–water partition coefficient (Wildman–Crippen LogP) is 16.9. The van der Waals surface area contributed by atoms with Crippen LogP contribution in [0.1, 0.15) is 303 Å². The van der Waals surface area contributed by atoms with Gasteiger partial charge in [0.25, 0.3) is 0 Å². The third-order valence-electron chi connectivity index (χ3n) is 13.0. The number of unbranched alkanes of at least 4 members (excludes halogenated alkanes) is 38. The van der Waals surface area contributed by atoms with Crippen molar-refractivity contribution in [2.45, 2.75) is 321 Å². The predicted molar refractivity (Wildman–Crippen MR) is 268 cm³/mol. The summed E-state index contributed by atoms with van der Waals surface area (Å²) in [5.74, 6) is -0.281. The van der Waals surface area contributed by atoms with Crippen LogP contribution in [-0.4, -0.2) is 46.1 Å². The zero-order valence-electron chi connectivity index (χ0n) is 41.3. The number of rotatable bonds is 51. The zero-order valence-corrected chi connectivity index (χ0v) is 41.3. The van der Waals surface area contributed by atoms with Gasteiger partial charge >= 0.3 is 0 Å². The second-order valence-corrected chi connectivity index (χ2v) is 19.2. The maximum atomic E-state index is 12.5.